The first-order chi connectivity index (χ1) is 11.7. The van der Waals surface area contributed by atoms with Crippen LogP contribution >= 0.6 is 23.2 Å². The zero-order valence-corrected chi connectivity index (χ0v) is 14.4. The molecule has 0 unspecified atom stereocenters. The van der Waals surface area contributed by atoms with Crippen LogP contribution in [-0.4, -0.2) is 35.7 Å². The molecule has 24 heavy (non-hydrogen) atoms. The number of ether oxygens (including phenoxy) is 2. The first-order valence-electron chi connectivity index (χ1n) is 7.40. The molecular formula is C16H17Cl2N3O3. The van der Waals surface area contributed by atoms with Gasteiger partial charge in [0.1, 0.15) is 17.4 Å². The lowest BCUT2D eigenvalue weighted by molar-refractivity contribution is -0.143. The number of carbonyl (C=O) groups excluding carboxylic acids is 1. The molecule has 0 aliphatic rings. The van der Waals surface area contributed by atoms with Crippen molar-refractivity contribution in [3.63, 3.8) is 0 Å². The van der Waals surface area contributed by atoms with E-state index in [9.17, 15) is 4.79 Å². The minimum absolute atomic E-state index is 0.248. The summed E-state index contributed by atoms with van der Waals surface area (Å²) in [7, 11) is 0. The van der Waals surface area contributed by atoms with Crippen molar-refractivity contribution in [3.05, 3.63) is 46.7 Å². The number of benzene rings is 1. The van der Waals surface area contributed by atoms with Gasteiger partial charge in [-0.15, -0.1) is 0 Å². The predicted octanol–water partition coefficient (Wildman–Crippen LogP) is 3.60. The summed E-state index contributed by atoms with van der Waals surface area (Å²) in [6, 6.07) is 6.89. The summed E-state index contributed by atoms with van der Waals surface area (Å²) in [6.45, 7) is 1.05. The van der Waals surface area contributed by atoms with Gasteiger partial charge in [0, 0.05) is 18.8 Å². The second kappa shape index (κ2) is 9.95. The number of nitrogens with zero attached hydrogens (tertiary/aromatic N) is 2. The molecule has 1 heterocycles. The van der Waals surface area contributed by atoms with E-state index < -0.39 is 0 Å². The molecule has 1 aromatic carbocycles. The van der Waals surface area contributed by atoms with Gasteiger partial charge < -0.3 is 14.8 Å². The summed E-state index contributed by atoms with van der Waals surface area (Å²) in [4.78, 5) is 19.6. The minimum Gasteiger partial charge on any atom is -0.492 e. The first-order valence-corrected chi connectivity index (χ1v) is 8.16. The Kier molecular flexibility index (Phi) is 7.58. The van der Waals surface area contributed by atoms with E-state index in [0.29, 0.717) is 41.3 Å². The lowest BCUT2D eigenvalue weighted by Gasteiger charge is -2.09. The fourth-order valence-corrected chi connectivity index (χ4v) is 2.13. The number of carbonyl (C=O) groups is 1. The Hall–Kier alpha value is -2.05. The van der Waals surface area contributed by atoms with Crippen molar-refractivity contribution >= 4 is 35.1 Å². The highest BCUT2D eigenvalue weighted by Crippen LogP contribution is 2.31. The Morgan fingerprint density at radius 3 is 2.71 bits per heavy atom. The Bertz CT molecular complexity index is 656. The summed E-state index contributed by atoms with van der Waals surface area (Å²) in [5, 5.41) is 3.75. The van der Waals surface area contributed by atoms with Crippen LogP contribution < -0.4 is 10.1 Å². The molecule has 0 amide bonds. The van der Waals surface area contributed by atoms with E-state index in [1.165, 1.54) is 0 Å². The molecule has 8 heteroatoms. The fraction of sp³-hybridized carbons (Fsp3) is 0.312. The number of esters is 1. The number of nitrogens with one attached hydrogen (secondary N) is 1. The third kappa shape index (κ3) is 6.22. The molecule has 0 saturated carbocycles. The van der Waals surface area contributed by atoms with Gasteiger partial charge in [0.15, 0.2) is 0 Å². The summed E-state index contributed by atoms with van der Waals surface area (Å²) in [5.41, 5.74) is 0. The van der Waals surface area contributed by atoms with Gasteiger partial charge in [-0.25, -0.2) is 9.97 Å². The van der Waals surface area contributed by atoms with Crippen molar-refractivity contribution in [2.75, 3.05) is 25.1 Å². The van der Waals surface area contributed by atoms with Gasteiger partial charge >= 0.3 is 5.97 Å². The average Bonchev–Trinajstić information content (AvgIpc) is 2.60. The Labute approximate surface area is 150 Å². The van der Waals surface area contributed by atoms with Gasteiger partial charge in [0.05, 0.1) is 18.2 Å². The molecule has 1 aromatic heterocycles. The van der Waals surface area contributed by atoms with Gasteiger partial charge in [-0.2, -0.15) is 0 Å². The van der Waals surface area contributed by atoms with E-state index in [1.54, 1.807) is 36.7 Å². The van der Waals surface area contributed by atoms with E-state index in [4.69, 9.17) is 32.7 Å². The maximum atomic E-state index is 11.6. The van der Waals surface area contributed by atoms with Gasteiger partial charge in [0.25, 0.3) is 0 Å². The van der Waals surface area contributed by atoms with E-state index in [-0.39, 0.29) is 19.0 Å². The Balaban J connectivity index is 1.56. The summed E-state index contributed by atoms with van der Waals surface area (Å²) in [6.07, 6.45) is 4.05. The van der Waals surface area contributed by atoms with Gasteiger partial charge in [0.2, 0.25) is 5.95 Å². The summed E-state index contributed by atoms with van der Waals surface area (Å²) in [5.74, 6) is 0.719. The molecule has 0 atom stereocenters. The van der Waals surface area contributed by atoms with Gasteiger partial charge in [-0.05, 0) is 24.6 Å². The number of anilines is 1. The SMILES string of the molecule is O=C(CCCOc1cccc(Cl)c1Cl)OCCNc1ncccn1. The maximum Gasteiger partial charge on any atom is 0.305 e. The van der Waals surface area contributed by atoms with Crippen molar-refractivity contribution in [2.45, 2.75) is 12.8 Å². The molecule has 2 aromatic rings. The lowest BCUT2D eigenvalue weighted by atomic mass is 10.3. The van der Waals surface area contributed by atoms with E-state index in [0.717, 1.165) is 0 Å². The lowest BCUT2D eigenvalue weighted by Crippen LogP contribution is -2.15. The molecule has 0 radical (unpaired) electrons. The number of aromatic nitrogens is 2. The van der Waals surface area contributed by atoms with E-state index >= 15 is 0 Å². The van der Waals surface area contributed by atoms with Crippen LogP contribution in [0.4, 0.5) is 5.95 Å². The number of hydrogen-bond acceptors (Lipinski definition) is 6. The van der Waals surface area contributed by atoms with Crippen LogP contribution in [-0.2, 0) is 9.53 Å². The first kappa shape index (κ1) is 18.3. The van der Waals surface area contributed by atoms with Gasteiger partial charge in [-0.1, -0.05) is 29.3 Å². The predicted molar refractivity (Wildman–Crippen MR) is 92.7 cm³/mol. The third-order valence-electron chi connectivity index (χ3n) is 2.91. The monoisotopic (exact) mass is 369 g/mol. The van der Waals surface area contributed by atoms with Crippen molar-refractivity contribution in [1.82, 2.24) is 9.97 Å². The molecule has 0 spiro atoms. The van der Waals surface area contributed by atoms with E-state index in [2.05, 4.69) is 15.3 Å². The quantitative estimate of drug-likeness (QED) is 0.537. The number of rotatable bonds is 9. The second-order valence-corrected chi connectivity index (χ2v) is 5.51. The highest BCUT2D eigenvalue weighted by Gasteiger charge is 2.07. The summed E-state index contributed by atoms with van der Waals surface area (Å²) < 4.78 is 10.6. The smallest absolute Gasteiger partial charge is 0.305 e. The van der Waals surface area contributed by atoms with Crippen molar-refractivity contribution < 1.29 is 14.3 Å². The standard InChI is InChI=1S/C16H17Cl2N3O3/c17-12-4-1-5-13(15(12)18)23-10-2-6-14(22)24-11-9-21-16-19-7-3-8-20-16/h1,3-5,7-8H,2,6,9-11H2,(H,19,20,21). The molecule has 0 fully saturated rings. The van der Waals surface area contributed by atoms with Crippen LogP contribution in [0.25, 0.3) is 0 Å². The molecule has 6 nitrogen and oxygen atoms in total. The van der Waals surface area contributed by atoms with Crippen molar-refractivity contribution in [3.8, 4) is 5.75 Å². The summed E-state index contributed by atoms with van der Waals surface area (Å²) >= 11 is 11.9. The topological polar surface area (TPSA) is 73.3 Å². The molecular weight excluding hydrogens is 353 g/mol. The van der Waals surface area contributed by atoms with Crippen LogP contribution in [0, 0.1) is 0 Å². The molecule has 0 saturated heterocycles. The normalized spacial score (nSPS) is 10.2. The molecule has 0 aliphatic heterocycles. The molecule has 0 aliphatic carbocycles. The molecule has 2 rings (SSSR count). The van der Waals surface area contributed by atoms with Crippen LogP contribution in [0.15, 0.2) is 36.7 Å². The maximum absolute atomic E-state index is 11.6. The Morgan fingerprint density at radius 1 is 1.12 bits per heavy atom. The highest BCUT2D eigenvalue weighted by atomic mass is 35.5. The number of halogens is 2. The third-order valence-corrected chi connectivity index (χ3v) is 3.71. The number of hydrogen-bond donors (Lipinski definition) is 1. The largest absolute Gasteiger partial charge is 0.492 e. The van der Waals surface area contributed by atoms with Crippen LogP contribution in [0.1, 0.15) is 12.8 Å². The molecule has 128 valence electrons. The van der Waals surface area contributed by atoms with Crippen LogP contribution in [0.2, 0.25) is 10.0 Å². The highest BCUT2D eigenvalue weighted by molar-refractivity contribution is 6.42. The minimum atomic E-state index is -0.286. The average molecular weight is 370 g/mol. The zero-order chi connectivity index (χ0) is 17.2. The fourth-order valence-electron chi connectivity index (χ4n) is 1.78. The molecule has 0 bridgehead atoms. The zero-order valence-electron chi connectivity index (χ0n) is 12.9. The van der Waals surface area contributed by atoms with Crippen LogP contribution in [0.3, 0.4) is 0 Å². The van der Waals surface area contributed by atoms with Crippen molar-refractivity contribution in [2.24, 2.45) is 0 Å². The Morgan fingerprint density at radius 2 is 1.92 bits per heavy atom. The second-order valence-electron chi connectivity index (χ2n) is 4.72. The van der Waals surface area contributed by atoms with Gasteiger partial charge in [-0.3, -0.25) is 4.79 Å². The van der Waals surface area contributed by atoms with E-state index in [1.807, 2.05) is 0 Å². The van der Waals surface area contributed by atoms with Crippen LogP contribution in [0.5, 0.6) is 5.75 Å². The van der Waals surface area contributed by atoms with Crippen molar-refractivity contribution in [1.29, 1.82) is 0 Å². The molecule has 1 N–H and O–H groups in total.